The SMILES string of the molecule is N#CC(C#N)=NNc1ccc(Br)c(C(F)(F)F)c1. The summed E-state index contributed by atoms with van der Waals surface area (Å²) in [6.45, 7) is 0. The van der Waals surface area contributed by atoms with Crippen LogP contribution in [0.1, 0.15) is 5.56 Å². The maximum Gasteiger partial charge on any atom is 0.417 e. The normalized spacial score (nSPS) is 10.1. The van der Waals surface area contributed by atoms with Gasteiger partial charge in [0.25, 0.3) is 0 Å². The zero-order valence-corrected chi connectivity index (χ0v) is 10.2. The van der Waals surface area contributed by atoms with Crippen molar-refractivity contribution in [1.82, 2.24) is 0 Å². The third-order valence-electron chi connectivity index (χ3n) is 1.78. The average molecular weight is 317 g/mol. The Bertz CT molecular complexity index is 550. The fourth-order valence-electron chi connectivity index (χ4n) is 1.01. The van der Waals surface area contributed by atoms with Crippen LogP contribution in [0.4, 0.5) is 18.9 Å². The van der Waals surface area contributed by atoms with Crippen molar-refractivity contribution >= 4 is 27.3 Å². The first-order valence-electron chi connectivity index (χ1n) is 4.39. The molecule has 0 bridgehead atoms. The van der Waals surface area contributed by atoms with E-state index >= 15 is 0 Å². The number of halogens is 4. The van der Waals surface area contributed by atoms with Gasteiger partial charge >= 0.3 is 6.18 Å². The second-order valence-electron chi connectivity index (χ2n) is 2.99. The van der Waals surface area contributed by atoms with E-state index in [1.165, 1.54) is 24.3 Å². The van der Waals surface area contributed by atoms with Crippen LogP contribution in [0.25, 0.3) is 0 Å². The molecule has 0 aromatic heterocycles. The van der Waals surface area contributed by atoms with Gasteiger partial charge in [0, 0.05) is 4.47 Å². The average Bonchev–Trinajstić information content (AvgIpc) is 2.31. The Morgan fingerprint density at radius 2 is 1.89 bits per heavy atom. The molecule has 1 aromatic carbocycles. The highest BCUT2D eigenvalue weighted by Crippen LogP contribution is 2.36. The summed E-state index contributed by atoms with van der Waals surface area (Å²) in [5.41, 5.74) is 0.873. The monoisotopic (exact) mass is 316 g/mol. The lowest BCUT2D eigenvalue weighted by atomic mass is 10.2. The van der Waals surface area contributed by atoms with Crippen LogP contribution in [0, 0.1) is 22.7 Å². The highest BCUT2D eigenvalue weighted by molar-refractivity contribution is 9.10. The molecule has 1 rings (SSSR count). The Morgan fingerprint density at radius 1 is 1.28 bits per heavy atom. The van der Waals surface area contributed by atoms with Gasteiger partial charge in [0.2, 0.25) is 5.71 Å². The number of hydrogen-bond donors (Lipinski definition) is 1. The molecular formula is C10H4BrF3N4. The maximum atomic E-state index is 12.6. The van der Waals surface area contributed by atoms with E-state index in [0.717, 1.165) is 6.07 Å². The Balaban J connectivity index is 3.05. The van der Waals surface area contributed by atoms with Crippen molar-refractivity contribution in [2.24, 2.45) is 5.10 Å². The molecule has 0 radical (unpaired) electrons. The smallest absolute Gasteiger partial charge is 0.276 e. The summed E-state index contributed by atoms with van der Waals surface area (Å²) in [6.07, 6.45) is -4.51. The van der Waals surface area contributed by atoms with E-state index in [4.69, 9.17) is 10.5 Å². The van der Waals surface area contributed by atoms with Crippen molar-refractivity contribution in [3.63, 3.8) is 0 Å². The molecule has 92 valence electrons. The van der Waals surface area contributed by atoms with Crippen LogP contribution in [0.2, 0.25) is 0 Å². The molecule has 0 spiro atoms. The fourth-order valence-corrected chi connectivity index (χ4v) is 1.48. The lowest BCUT2D eigenvalue weighted by Gasteiger charge is -2.10. The van der Waals surface area contributed by atoms with Gasteiger partial charge in [-0.1, -0.05) is 15.9 Å². The molecule has 0 amide bonds. The van der Waals surface area contributed by atoms with E-state index in [-0.39, 0.29) is 10.2 Å². The van der Waals surface area contributed by atoms with Crippen LogP contribution in [0.3, 0.4) is 0 Å². The predicted molar refractivity (Wildman–Crippen MR) is 61.4 cm³/mol. The van der Waals surface area contributed by atoms with Gasteiger partial charge in [-0.25, -0.2) is 0 Å². The molecule has 0 aliphatic heterocycles. The molecule has 0 heterocycles. The molecule has 0 unspecified atom stereocenters. The fraction of sp³-hybridized carbons (Fsp3) is 0.100. The minimum Gasteiger partial charge on any atom is -0.276 e. The van der Waals surface area contributed by atoms with Crippen LogP contribution < -0.4 is 5.43 Å². The van der Waals surface area contributed by atoms with E-state index < -0.39 is 17.5 Å². The maximum absolute atomic E-state index is 12.6. The zero-order chi connectivity index (χ0) is 13.8. The number of nitriles is 2. The second kappa shape index (κ2) is 5.52. The van der Waals surface area contributed by atoms with Crippen molar-refractivity contribution < 1.29 is 13.2 Å². The van der Waals surface area contributed by atoms with Gasteiger partial charge in [-0.3, -0.25) is 5.43 Å². The van der Waals surface area contributed by atoms with E-state index in [2.05, 4.69) is 26.5 Å². The summed E-state index contributed by atoms with van der Waals surface area (Å²) < 4.78 is 37.6. The number of anilines is 1. The summed E-state index contributed by atoms with van der Waals surface area (Å²) in [7, 11) is 0. The third-order valence-corrected chi connectivity index (χ3v) is 2.47. The van der Waals surface area contributed by atoms with Crippen LogP contribution in [-0.4, -0.2) is 5.71 Å². The van der Waals surface area contributed by atoms with Gasteiger partial charge in [0.15, 0.2) is 0 Å². The molecule has 1 aromatic rings. The number of hydrazone groups is 1. The van der Waals surface area contributed by atoms with E-state index in [1.807, 2.05) is 0 Å². The lowest BCUT2D eigenvalue weighted by molar-refractivity contribution is -0.138. The first kappa shape index (κ1) is 14.0. The summed E-state index contributed by atoms with van der Waals surface area (Å²) in [5, 5.41) is 20.1. The molecule has 18 heavy (non-hydrogen) atoms. The molecule has 8 heteroatoms. The van der Waals surface area contributed by atoms with Gasteiger partial charge in [0.05, 0.1) is 11.3 Å². The minimum atomic E-state index is -4.51. The van der Waals surface area contributed by atoms with E-state index in [0.29, 0.717) is 0 Å². The largest absolute Gasteiger partial charge is 0.417 e. The molecule has 0 saturated carbocycles. The van der Waals surface area contributed by atoms with Crippen LogP contribution in [0.15, 0.2) is 27.8 Å². The summed E-state index contributed by atoms with van der Waals surface area (Å²) in [5.74, 6) is 0. The summed E-state index contributed by atoms with van der Waals surface area (Å²) in [4.78, 5) is 0. The van der Waals surface area contributed by atoms with Crippen molar-refractivity contribution in [1.29, 1.82) is 10.5 Å². The van der Waals surface area contributed by atoms with Gasteiger partial charge in [0.1, 0.15) is 12.1 Å². The molecule has 0 atom stereocenters. The van der Waals surface area contributed by atoms with Crippen LogP contribution in [0.5, 0.6) is 0 Å². The molecule has 4 nitrogen and oxygen atoms in total. The number of hydrogen-bond acceptors (Lipinski definition) is 4. The van der Waals surface area contributed by atoms with Crippen LogP contribution >= 0.6 is 15.9 Å². The molecule has 0 saturated heterocycles. The minimum absolute atomic E-state index is 0.0218. The Kier molecular flexibility index (Phi) is 4.29. The van der Waals surface area contributed by atoms with Crippen molar-refractivity contribution in [2.45, 2.75) is 6.18 Å². The number of alkyl halides is 3. The number of benzene rings is 1. The molecular weight excluding hydrogens is 313 g/mol. The summed E-state index contributed by atoms with van der Waals surface area (Å²) in [6, 6.07) is 6.29. The molecule has 0 aliphatic carbocycles. The van der Waals surface area contributed by atoms with E-state index in [1.54, 1.807) is 0 Å². The highest BCUT2D eigenvalue weighted by atomic mass is 79.9. The van der Waals surface area contributed by atoms with E-state index in [9.17, 15) is 13.2 Å². The predicted octanol–water partition coefficient (Wildman–Crippen LogP) is 3.28. The quantitative estimate of drug-likeness (QED) is 0.672. The number of rotatable bonds is 2. The first-order valence-corrected chi connectivity index (χ1v) is 5.18. The first-order chi connectivity index (χ1) is 8.38. The Morgan fingerprint density at radius 3 is 2.39 bits per heavy atom. The van der Waals surface area contributed by atoms with Crippen LogP contribution in [-0.2, 0) is 6.18 Å². The van der Waals surface area contributed by atoms with Crippen molar-refractivity contribution in [3.05, 3.63) is 28.2 Å². The van der Waals surface area contributed by atoms with Crippen molar-refractivity contribution in [2.75, 3.05) is 5.43 Å². The number of nitrogens with zero attached hydrogens (tertiary/aromatic N) is 3. The topological polar surface area (TPSA) is 72.0 Å². The molecule has 1 N–H and O–H groups in total. The van der Waals surface area contributed by atoms with Crippen molar-refractivity contribution in [3.8, 4) is 12.1 Å². The van der Waals surface area contributed by atoms with Gasteiger partial charge < -0.3 is 0 Å². The summed E-state index contributed by atoms with van der Waals surface area (Å²) >= 11 is 2.79. The highest BCUT2D eigenvalue weighted by Gasteiger charge is 2.33. The third kappa shape index (κ3) is 3.47. The molecule has 0 aliphatic rings. The Labute approximate surface area is 108 Å². The van der Waals surface area contributed by atoms with Gasteiger partial charge in [-0.2, -0.15) is 28.8 Å². The van der Waals surface area contributed by atoms with Gasteiger partial charge in [-0.15, -0.1) is 0 Å². The molecule has 0 fully saturated rings. The number of nitrogens with one attached hydrogen (secondary N) is 1. The lowest BCUT2D eigenvalue weighted by Crippen LogP contribution is -2.07. The Hall–Kier alpha value is -2.06. The zero-order valence-electron chi connectivity index (χ0n) is 8.59. The van der Waals surface area contributed by atoms with Gasteiger partial charge in [-0.05, 0) is 18.2 Å². The second-order valence-corrected chi connectivity index (χ2v) is 3.84. The standard InChI is InChI=1S/C10H4BrF3N4/c11-9-2-1-6(3-8(9)10(12,13)14)17-18-7(4-15)5-16/h1-3,17H.